The van der Waals surface area contributed by atoms with Gasteiger partial charge in [0.15, 0.2) is 0 Å². The fraction of sp³-hybridized carbons (Fsp3) is 0.269. The largest absolute Gasteiger partial charge is 0.379 e. The molecule has 3 aromatic carbocycles. The van der Waals surface area contributed by atoms with Crippen molar-refractivity contribution in [2.24, 2.45) is 0 Å². The highest BCUT2D eigenvalue weighted by Gasteiger charge is 2.47. The molecule has 3 aromatic rings. The standard InChI is InChI=1S/C26H24BrCl2N3O2/c27-19-5-4-18(16-32-8-10-34-11-9-32)23(13-19)31-26(15-17-2-1-3-20(28)12-17)22-7-6-21(29)14-24(22)30-25(26)33/h1-7,12-14,31H,8-11,15-16H2,(H,30,33). The molecule has 1 unspecified atom stereocenters. The van der Waals surface area contributed by atoms with Crippen molar-refractivity contribution in [1.82, 2.24) is 4.90 Å². The molecule has 2 N–H and O–H groups in total. The van der Waals surface area contributed by atoms with Gasteiger partial charge in [0.2, 0.25) is 0 Å². The van der Waals surface area contributed by atoms with E-state index in [9.17, 15) is 4.79 Å². The number of rotatable bonds is 6. The Hall–Kier alpha value is -2.09. The van der Waals surface area contributed by atoms with Gasteiger partial charge in [-0.2, -0.15) is 0 Å². The lowest BCUT2D eigenvalue weighted by atomic mass is 9.84. The van der Waals surface area contributed by atoms with Gasteiger partial charge in [0.1, 0.15) is 5.54 Å². The zero-order valence-electron chi connectivity index (χ0n) is 18.4. The molecule has 0 aliphatic carbocycles. The molecular weight excluding hydrogens is 537 g/mol. The van der Waals surface area contributed by atoms with Crippen LogP contribution in [0, 0.1) is 0 Å². The quantitative estimate of drug-likeness (QED) is 0.383. The number of nitrogens with one attached hydrogen (secondary N) is 2. The maximum Gasteiger partial charge on any atom is 0.255 e. The lowest BCUT2D eigenvalue weighted by Crippen LogP contribution is -2.44. The molecule has 176 valence electrons. The number of morpholine rings is 1. The third-order valence-electron chi connectivity index (χ3n) is 6.35. The van der Waals surface area contributed by atoms with Crippen LogP contribution in [-0.4, -0.2) is 37.1 Å². The fourth-order valence-electron chi connectivity index (χ4n) is 4.67. The van der Waals surface area contributed by atoms with Gasteiger partial charge >= 0.3 is 0 Å². The molecule has 5 rings (SSSR count). The van der Waals surface area contributed by atoms with Crippen molar-refractivity contribution in [2.45, 2.75) is 18.5 Å². The van der Waals surface area contributed by atoms with Crippen LogP contribution < -0.4 is 10.6 Å². The number of carbonyl (C=O) groups is 1. The monoisotopic (exact) mass is 559 g/mol. The van der Waals surface area contributed by atoms with Crippen LogP contribution in [-0.2, 0) is 28.0 Å². The summed E-state index contributed by atoms with van der Waals surface area (Å²) in [5.74, 6) is -0.123. The molecule has 1 saturated heterocycles. The number of halogens is 3. The Bertz CT molecular complexity index is 1230. The predicted octanol–water partition coefficient (Wildman–Crippen LogP) is 6.09. The summed E-state index contributed by atoms with van der Waals surface area (Å²) in [6, 6.07) is 19.4. The summed E-state index contributed by atoms with van der Waals surface area (Å²) in [6.45, 7) is 3.99. The van der Waals surface area contributed by atoms with E-state index in [1.165, 1.54) is 0 Å². The van der Waals surface area contributed by atoms with Crippen molar-refractivity contribution < 1.29 is 9.53 Å². The van der Waals surface area contributed by atoms with Gasteiger partial charge in [-0.15, -0.1) is 0 Å². The van der Waals surface area contributed by atoms with E-state index in [0.717, 1.165) is 65.4 Å². The summed E-state index contributed by atoms with van der Waals surface area (Å²) in [5, 5.41) is 7.92. The number of ether oxygens (including phenoxy) is 1. The fourth-order valence-corrected chi connectivity index (χ4v) is 5.42. The molecule has 1 atom stereocenters. The van der Waals surface area contributed by atoms with E-state index in [-0.39, 0.29) is 5.91 Å². The van der Waals surface area contributed by atoms with Crippen molar-refractivity contribution in [3.8, 4) is 0 Å². The first kappa shape index (κ1) is 23.6. The van der Waals surface area contributed by atoms with E-state index < -0.39 is 5.54 Å². The number of carbonyl (C=O) groups excluding carboxylic acids is 1. The molecule has 34 heavy (non-hydrogen) atoms. The molecule has 0 saturated carbocycles. The molecule has 0 radical (unpaired) electrons. The van der Waals surface area contributed by atoms with E-state index in [2.05, 4.69) is 37.5 Å². The van der Waals surface area contributed by atoms with Crippen LogP contribution >= 0.6 is 39.1 Å². The Morgan fingerprint density at radius 2 is 1.82 bits per heavy atom. The third-order valence-corrected chi connectivity index (χ3v) is 7.32. The van der Waals surface area contributed by atoms with Gasteiger partial charge in [-0.1, -0.05) is 63.4 Å². The second-order valence-corrected chi connectivity index (χ2v) is 10.5. The minimum absolute atomic E-state index is 0.123. The average Bonchev–Trinajstić information content (AvgIpc) is 3.06. The summed E-state index contributed by atoms with van der Waals surface area (Å²) in [5.41, 5.74) is 3.54. The molecule has 0 spiro atoms. The number of benzene rings is 3. The van der Waals surface area contributed by atoms with Crippen molar-refractivity contribution >= 4 is 56.4 Å². The molecule has 0 aromatic heterocycles. The number of hydrogen-bond acceptors (Lipinski definition) is 4. The highest BCUT2D eigenvalue weighted by molar-refractivity contribution is 9.10. The van der Waals surface area contributed by atoms with Gasteiger partial charge in [0.25, 0.3) is 5.91 Å². The van der Waals surface area contributed by atoms with Gasteiger partial charge in [-0.25, -0.2) is 0 Å². The van der Waals surface area contributed by atoms with Crippen molar-refractivity contribution in [3.63, 3.8) is 0 Å². The number of fused-ring (bicyclic) bond motifs is 1. The van der Waals surface area contributed by atoms with Crippen LogP contribution in [0.3, 0.4) is 0 Å². The van der Waals surface area contributed by atoms with E-state index >= 15 is 0 Å². The number of anilines is 2. The Balaban J connectivity index is 1.58. The topological polar surface area (TPSA) is 53.6 Å². The van der Waals surface area contributed by atoms with E-state index in [1.54, 1.807) is 6.07 Å². The highest BCUT2D eigenvalue weighted by atomic mass is 79.9. The number of amides is 1. The van der Waals surface area contributed by atoms with Gasteiger partial charge in [0.05, 0.1) is 13.2 Å². The molecule has 0 bridgehead atoms. The van der Waals surface area contributed by atoms with Gasteiger partial charge in [-0.05, 0) is 47.5 Å². The van der Waals surface area contributed by atoms with Crippen molar-refractivity contribution in [2.75, 3.05) is 36.9 Å². The first-order chi connectivity index (χ1) is 16.4. The molecule has 1 fully saturated rings. The zero-order valence-corrected chi connectivity index (χ0v) is 21.5. The summed E-state index contributed by atoms with van der Waals surface area (Å²) < 4.78 is 6.45. The summed E-state index contributed by atoms with van der Waals surface area (Å²) >= 11 is 16.1. The van der Waals surface area contributed by atoms with E-state index in [0.29, 0.717) is 16.5 Å². The van der Waals surface area contributed by atoms with Crippen molar-refractivity contribution in [1.29, 1.82) is 0 Å². The second-order valence-electron chi connectivity index (χ2n) is 8.67. The van der Waals surface area contributed by atoms with Crippen molar-refractivity contribution in [3.05, 3.63) is 91.9 Å². The minimum Gasteiger partial charge on any atom is -0.379 e. The molecule has 5 nitrogen and oxygen atoms in total. The lowest BCUT2D eigenvalue weighted by molar-refractivity contribution is -0.119. The van der Waals surface area contributed by atoms with Gasteiger partial charge in [0, 0.05) is 57.5 Å². The summed E-state index contributed by atoms with van der Waals surface area (Å²) in [6.07, 6.45) is 0.428. The first-order valence-corrected chi connectivity index (χ1v) is 12.7. The smallest absolute Gasteiger partial charge is 0.255 e. The molecule has 2 heterocycles. The molecule has 2 aliphatic rings. The summed E-state index contributed by atoms with van der Waals surface area (Å²) in [7, 11) is 0. The average molecular weight is 561 g/mol. The lowest BCUT2D eigenvalue weighted by Gasteiger charge is -2.33. The Morgan fingerprint density at radius 1 is 1.03 bits per heavy atom. The molecule has 8 heteroatoms. The van der Waals surface area contributed by atoms with Gasteiger partial charge in [-0.3, -0.25) is 9.69 Å². The number of hydrogen-bond donors (Lipinski definition) is 2. The van der Waals surface area contributed by atoms with E-state index in [1.807, 2.05) is 48.5 Å². The molecule has 2 aliphatic heterocycles. The Labute approximate surface area is 217 Å². The van der Waals surface area contributed by atoms with Crippen LogP contribution in [0.25, 0.3) is 0 Å². The number of nitrogens with zero attached hydrogens (tertiary/aromatic N) is 1. The third kappa shape index (κ3) is 4.83. The first-order valence-electron chi connectivity index (χ1n) is 11.2. The predicted molar refractivity (Wildman–Crippen MR) is 141 cm³/mol. The molecular formula is C26H24BrCl2N3O2. The second kappa shape index (κ2) is 9.88. The maximum absolute atomic E-state index is 13.7. The normalized spacial score (nSPS) is 20.1. The maximum atomic E-state index is 13.7. The van der Waals surface area contributed by atoms with E-state index in [4.69, 9.17) is 27.9 Å². The minimum atomic E-state index is -1.02. The molecule has 1 amide bonds. The zero-order chi connectivity index (χ0) is 23.7. The van der Waals surface area contributed by atoms with Crippen LogP contribution in [0.5, 0.6) is 0 Å². The Kier molecular flexibility index (Phi) is 6.87. The summed E-state index contributed by atoms with van der Waals surface area (Å²) in [4.78, 5) is 16.0. The van der Waals surface area contributed by atoms with Crippen LogP contribution in [0.2, 0.25) is 10.0 Å². The Morgan fingerprint density at radius 3 is 2.62 bits per heavy atom. The highest BCUT2D eigenvalue weighted by Crippen LogP contribution is 2.43. The SMILES string of the molecule is O=C1Nc2cc(Cl)ccc2C1(Cc1cccc(Cl)c1)Nc1cc(Br)ccc1CN1CCOCC1. The van der Waals surface area contributed by atoms with Crippen LogP contribution in [0.15, 0.2) is 65.1 Å². The van der Waals surface area contributed by atoms with Crippen LogP contribution in [0.4, 0.5) is 11.4 Å². The van der Waals surface area contributed by atoms with Gasteiger partial charge < -0.3 is 15.4 Å². The van der Waals surface area contributed by atoms with Crippen LogP contribution in [0.1, 0.15) is 16.7 Å².